The van der Waals surface area contributed by atoms with Gasteiger partial charge in [-0.05, 0) is 51.2 Å². The van der Waals surface area contributed by atoms with Gasteiger partial charge in [0, 0.05) is 17.0 Å². The number of thiophene rings is 1. The number of nitrogens with one attached hydrogen (secondary N) is 1. The maximum Gasteiger partial charge on any atom is 0.271 e. The predicted molar refractivity (Wildman–Crippen MR) is 121 cm³/mol. The minimum Gasteiger partial charge on any atom is -0.351 e. The fourth-order valence-electron chi connectivity index (χ4n) is 5.85. The summed E-state index contributed by atoms with van der Waals surface area (Å²) < 4.78 is 3.29. The highest BCUT2D eigenvalue weighted by molar-refractivity contribution is 7.19. The maximum atomic E-state index is 13.8. The molecule has 5 rings (SSSR count). The van der Waals surface area contributed by atoms with Crippen molar-refractivity contribution in [3.8, 4) is 0 Å². The molecule has 1 N–H and O–H groups in total. The molecule has 2 fully saturated rings. The molecule has 3 aliphatic rings. The number of amides is 2. The lowest BCUT2D eigenvalue weighted by Crippen LogP contribution is -2.67. The zero-order valence-corrected chi connectivity index (χ0v) is 19.0. The van der Waals surface area contributed by atoms with Crippen LogP contribution in [0.25, 0.3) is 10.2 Å². The van der Waals surface area contributed by atoms with Crippen molar-refractivity contribution in [2.24, 2.45) is 0 Å². The number of aryl methyl sites for hydroxylation is 1. The highest BCUT2D eigenvalue weighted by Crippen LogP contribution is 2.39. The summed E-state index contributed by atoms with van der Waals surface area (Å²) in [5.41, 5.74) is 1.04. The van der Waals surface area contributed by atoms with Crippen molar-refractivity contribution in [2.75, 3.05) is 0 Å². The van der Waals surface area contributed by atoms with E-state index in [-0.39, 0.29) is 23.9 Å². The molecule has 0 bridgehead atoms. The molecule has 3 heterocycles. The van der Waals surface area contributed by atoms with Crippen molar-refractivity contribution in [1.29, 1.82) is 0 Å². The van der Waals surface area contributed by atoms with E-state index < -0.39 is 5.54 Å². The first kappa shape index (κ1) is 20.1. The molecule has 0 aromatic carbocycles. The standard InChI is InChI=1S/C24H33N3O2S/c1-3-18-13-19-21(30-18)14-20-22(28)27(17-11-7-8-12-17)24(2,15-26(19)20)23(29)25-16-9-5-4-6-10-16/h13-14,16-17H,3-12,15H2,1-2H3,(H,25,29). The van der Waals surface area contributed by atoms with Crippen LogP contribution in [0.15, 0.2) is 12.1 Å². The van der Waals surface area contributed by atoms with Crippen LogP contribution in [0, 0.1) is 0 Å². The number of hydrogen-bond donors (Lipinski definition) is 1. The van der Waals surface area contributed by atoms with E-state index in [1.807, 2.05) is 11.8 Å². The number of rotatable bonds is 4. The lowest BCUT2D eigenvalue weighted by atomic mass is 9.90. The molecule has 1 aliphatic heterocycles. The third kappa shape index (κ3) is 3.19. The third-order valence-corrected chi connectivity index (χ3v) is 8.76. The van der Waals surface area contributed by atoms with Gasteiger partial charge in [-0.15, -0.1) is 11.3 Å². The van der Waals surface area contributed by atoms with Crippen molar-refractivity contribution < 1.29 is 9.59 Å². The summed E-state index contributed by atoms with van der Waals surface area (Å²) in [6, 6.07) is 4.69. The van der Waals surface area contributed by atoms with E-state index in [0.29, 0.717) is 6.54 Å². The molecule has 0 spiro atoms. The topological polar surface area (TPSA) is 54.3 Å². The number of fused-ring (bicyclic) bond motifs is 3. The van der Waals surface area contributed by atoms with Gasteiger partial charge in [-0.2, -0.15) is 0 Å². The monoisotopic (exact) mass is 427 g/mol. The first-order chi connectivity index (χ1) is 14.5. The van der Waals surface area contributed by atoms with Crippen LogP contribution < -0.4 is 5.32 Å². The number of hydrogen-bond acceptors (Lipinski definition) is 3. The highest BCUT2D eigenvalue weighted by Gasteiger charge is 2.51. The average molecular weight is 428 g/mol. The molecule has 2 aliphatic carbocycles. The van der Waals surface area contributed by atoms with Gasteiger partial charge in [-0.3, -0.25) is 9.59 Å². The smallest absolute Gasteiger partial charge is 0.271 e. The second kappa shape index (κ2) is 7.70. The van der Waals surface area contributed by atoms with Crippen molar-refractivity contribution in [3.63, 3.8) is 0 Å². The Morgan fingerprint density at radius 3 is 2.53 bits per heavy atom. The van der Waals surface area contributed by atoms with E-state index in [9.17, 15) is 9.59 Å². The van der Waals surface area contributed by atoms with Gasteiger partial charge in [0.2, 0.25) is 5.91 Å². The first-order valence-electron chi connectivity index (χ1n) is 11.8. The molecule has 1 unspecified atom stereocenters. The van der Waals surface area contributed by atoms with E-state index in [4.69, 9.17) is 0 Å². The Morgan fingerprint density at radius 1 is 1.13 bits per heavy atom. The average Bonchev–Trinajstić information content (AvgIpc) is 3.46. The third-order valence-electron chi connectivity index (χ3n) is 7.54. The summed E-state index contributed by atoms with van der Waals surface area (Å²) in [5.74, 6) is 0.0731. The van der Waals surface area contributed by atoms with Gasteiger partial charge >= 0.3 is 0 Å². The normalized spacial score (nSPS) is 25.8. The maximum absolute atomic E-state index is 13.8. The highest BCUT2D eigenvalue weighted by atomic mass is 32.1. The molecule has 0 saturated heterocycles. The first-order valence-corrected chi connectivity index (χ1v) is 12.6. The fraction of sp³-hybridized carbons (Fsp3) is 0.667. The van der Waals surface area contributed by atoms with Crippen molar-refractivity contribution in [2.45, 2.75) is 102 Å². The van der Waals surface area contributed by atoms with Crippen LogP contribution in [0.3, 0.4) is 0 Å². The fourth-order valence-corrected chi connectivity index (χ4v) is 6.89. The second-order valence-corrected chi connectivity index (χ2v) is 10.8. The van der Waals surface area contributed by atoms with Crippen molar-refractivity contribution >= 4 is 33.4 Å². The van der Waals surface area contributed by atoms with E-state index >= 15 is 0 Å². The number of aromatic nitrogens is 1. The Balaban J connectivity index is 1.54. The largest absolute Gasteiger partial charge is 0.351 e. The molecule has 1 atom stereocenters. The van der Waals surface area contributed by atoms with Crippen molar-refractivity contribution in [1.82, 2.24) is 14.8 Å². The number of carbonyl (C=O) groups excluding carboxylic acids is 2. The van der Waals surface area contributed by atoms with Crippen molar-refractivity contribution in [3.05, 3.63) is 22.7 Å². The van der Waals surface area contributed by atoms with Gasteiger partial charge in [0.05, 0.1) is 16.8 Å². The molecular formula is C24H33N3O2S. The summed E-state index contributed by atoms with van der Waals surface area (Å²) in [5, 5.41) is 3.35. The van der Waals surface area contributed by atoms with Crippen LogP contribution in [0.5, 0.6) is 0 Å². The number of carbonyl (C=O) groups is 2. The molecule has 2 saturated carbocycles. The van der Waals surface area contributed by atoms with Crippen LogP contribution in [0.2, 0.25) is 0 Å². The molecule has 2 aromatic rings. The molecule has 2 amide bonds. The van der Waals surface area contributed by atoms with Gasteiger partial charge in [-0.25, -0.2) is 0 Å². The molecule has 162 valence electrons. The molecule has 2 aromatic heterocycles. The summed E-state index contributed by atoms with van der Waals surface area (Å²) in [6.07, 6.45) is 11.0. The molecular weight excluding hydrogens is 394 g/mol. The lowest BCUT2D eigenvalue weighted by molar-refractivity contribution is -0.135. The van der Waals surface area contributed by atoms with Gasteiger partial charge in [0.1, 0.15) is 11.2 Å². The Hall–Kier alpha value is -1.82. The Bertz CT molecular complexity index is 965. The van der Waals surface area contributed by atoms with Gasteiger partial charge in [0.15, 0.2) is 0 Å². The zero-order chi connectivity index (χ0) is 20.9. The van der Waals surface area contributed by atoms with E-state index in [0.717, 1.165) is 56.2 Å². The SMILES string of the molecule is CCc1cc2c(cc3n2CC(C)(C(=O)NC2CCCCC2)N(C2CCCC2)C3=O)s1. The van der Waals surface area contributed by atoms with Gasteiger partial charge < -0.3 is 14.8 Å². The molecule has 6 heteroatoms. The summed E-state index contributed by atoms with van der Waals surface area (Å²) in [6.45, 7) is 4.71. The lowest BCUT2D eigenvalue weighted by Gasteiger charge is -2.47. The van der Waals surface area contributed by atoms with Crippen LogP contribution in [-0.2, 0) is 17.8 Å². The van der Waals surface area contributed by atoms with E-state index in [1.54, 1.807) is 11.3 Å². The molecule has 5 nitrogen and oxygen atoms in total. The molecule has 30 heavy (non-hydrogen) atoms. The van der Waals surface area contributed by atoms with Crippen LogP contribution in [0.1, 0.15) is 87.0 Å². The summed E-state index contributed by atoms with van der Waals surface area (Å²) in [7, 11) is 0. The van der Waals surface area contributed by atoms with Crippen LogP contribution in [-0.4, -0.2) is 38.9 Å². The van der Waals surface area contributed by atoms with Crippen LogP contribution >= 0.6 is 11.3 Å². The minimum atomic E-state index is -0.837. The summed E-state index contributed by atoms with van der Waals surface area (Å²) >= 11 is 1.77. The Kier molecular flexibility index (Phi) is 5.16. The minimum absolute atomic E-state index is 0.0353. The zero-order valence-electron chi connectivity index (χ0n) is 18.2. The van der Waals surface area contributed by atoms with Gasteiger partial charge in [-0.1, -0.05) is 39.0 Å². The van der Waals surface area contributed by atoms with E-state index in [1.165, 1.54) is 28.8 Å². The Morgan fingerprint density at radius 2 is 1.83 bits per heavy atom. The molecule has 0 radical (unpaired) electrons. The Labute approximate surface area is 182 Å². The summed E-state index contributed by atoms with van der Waals surface area (Å²) in [4.78, 5) is 30.8. The van der Waals surface area contributed by atoms with Crippen LogP contribution in [0.4, 0.5) is 0 Å². The quantitative estimate of drug-likeness (QED) is 0.757. The van der Waals surface area contributed by atoms with Gasteiger partial charge in [0.25, 0.3) is 5.91 Å². The second-order valence-electron chi connectivity index (χ2n) is 9.63. The number of nitrogens with zero attached hydrogens (tertiary/aromatic N) is 2. The predicted octanol–water partition coefficient (Wildman–Crippen LogP) is 4.87. The van der Waals surface area contributed by atoms with E-state index in [2.05, 4.69) is 28.9 Å².